The molecule has 0 saturated carbocycles. The molecular weight excluding hydrogens is 443 g/mol. The first-order valence-corrected chi connectivity index (χ1v) is 10.1. The van der Waals surface area contributed by atoms with Crippen LogP contribution in [0.3, 0.4) is 0 Å². The molecule has 25 heavy (non-hydrogen) atoms. The predicted octanol–water partition coefficient (Wildman–Crippen LogP) is 3.64. The summed E-state index contributed by atoms with van der Waals surface area (Å²) >= 11 is 1.98. The van der Waals surface area contributed by atoms with Crippen LogP contribution in [0.4, 0.5) is 0 Å². The van der Waals surface area contributed by atoms with Crippen LogP contribution >= 0.6 is 35.7 Å². The van der Waals surface area contributed by atoms with Gasteiger partial charge in [-0.2, -0.15) is 0 Å². The van der Waals surface area contributed by atoms with Gasteiger partial charge in [0.05, 0.1) is 6.54 Å². The molecule has 1 fully saturated rings. The summed E-state index contributed by atoms with van der Waals surface area (Å²) < 4.78 is 0. The smallest absolute Gasteiger partial charge is 0.193 e. The minimum absolute atomic E-state index is 0. The van der Waals surface area contributed by atoms with Crippen LogP contribution in [0, 0.1) is 5.92 Å². The standard InChI is InChI=1S/C19H32N4S.HI/c1-4-20-19(21-12-14-22(3)5-2)23-13-11-17(15-23)16-24-18-9-7-6-8-10-18;/h6-10,17H,4-5,11-16H2,1-3H3,(H,20,21);1H. The molecule has 4 nitrogen and oxygen atoms in total. The number of nitrogens with zero attached hydrogens (tertiary/aromatic N) is 3. The van der Waals surface area contributed by atoms with Crippen molar-refractivity contribution in [2.75, 3.05) is 52.1 Å². The van der Waals surface area contributed by atoms with Gasteiger partial charge in [-0.15, -0.1) is 35.7 Å². The van der Waals surface area contributed by atoms with Crippen molar-refractivity contribution < 1.29 is 0 Å². The van der Waals surface area contributed by atoms with Gasteiger partial charge < -0.3 is 15.1 Å². The molecule has 1 saturated heterocycles. The number of halogens is 1. The van der Waals surface area contributed by atoms with Gasteiger partial charge in [-0.05, 0) is 45.0 Å². The second-order valence-corrected chi connectivity index (χ2v) is 7.45. The molecule has 0 aromatic heterocycles. The largest absolute Gasteiger partial charge is 0.357 e. The normalized spacial score (nSPS) is 17.7. The molecular formula is C19H33IN4S. The van der Waals surface area contributed by atoms with Gasteiger partial charge in [0.2, 0.25) is 0 Å². The maximum absolute atomic E-state index is 4.82. The summed E-state index contributed by atoms with van der Waals surface area (Å²) in [7, 11) is 2.15. The molecule has 1 aromatic rings. The van der Waals surface area contributed by atoms with Crippen LogP contribution in [0.5, 0.6) is 0 Å². The number of likely N-dealkylation sites (N-methyl/N-ethyl adjacent to an activating group) is 1. The number of rotatable bonds is 8. The zero-order valence-corrected chi connectivity index (χ0v) is 18.9. The van der Waals surface area contributed by atoms with Crippen molar-refractivity contribution in [3.05, 3.63) is 30.3 Å². The van der Waals surface area contributed by atoms with E-state index < -0.39 is 0 Å². The average Bonchev–Trinajstić information content (AvgIpc) is 3.09. The molecule has 1 N–H and O–H groups in total. The van der Waals surface area contributed by atoms with Crippen LogP contribution in [0.2, 0.25) is 0 Å². The van der Waals surface area contributed by atoms with E-state index in [1.807, 2.05) is 11.8 Å². The predicted molar refractivity (Wildman–Crippen MR) is 121 cm³/mol. The van der Waals surface area contributed by atoms with E-state index in [1.165, 1.54) is 17.1 Å². The molecule has 0 spiro atoms. The van der Waals surface area contributed by atoms with Crippen LogP contribution in [0.25, 0.3) is 0 Å². The maximum Gasteiger partial charge on any atom is 0.193 e. The summed E-state index contributed by atoms with van der Waals surface area (Å²) in [5.74, 6) is 3.03. The number of aliphatic imine (C=N–C) groups is 1. The Morgan fingerprint density at radius 1 is 1.32 bits per heavy atom. The number of guanidine groups is 1. The minimum Gasteiger partial charge on any atom is -0.357 e. The quantitative estimate of drug-likeness (QED) is 0.269. The first kappa shape index (κ1) is 22.6. The summed E-state index contributed by atoms with van der Waals surface area (Å²) in [6.07, 6.45) is 1.26. The number of likely N-dealkylation sites (tertiary alicyclic amines) is 1. The summed E-state index contributed by atoms with van der Waals surface area (Å²) in [5, 5.41) is 3.46. The highest BCUT2D eigenvalue weighted by Crippen LogP contribution is 2.25. The monoisotopic (exact) mass is 476 g/mol. The highest BCUT2D eigenvalue weighted by Gasteiger charge is 2.24. The van der Waals surface area contributed by atoms with Gasteiger partial charge in [-0.1, -0.05) is 25.1 Å². The van der Waals surface area contributed by atoms with E-state index in [-0.39, 0.29) is 24.0 Å². The van der Waals surface area contributed by atoms with Gasteiger partial charge in [-0.3, -0.25) is 4.99 Å². The minimum atomic E-state index is 0. The topological polar surface area (TPSA) is 30.9 Å². The molecule has 1 heterocycles. The van der Waals surface area contributed by atoms with Crippen molar-refractivity contribution in [1.29, 1.82) is 0 Å². The van der Waals surface area contributed by atoms with Gasteiger partial charge >= 0.3 is 0 Å². The van der Waals surface area contributed by atoms with Crippen LogP contribution in [-0.2, 0) is 0 Å². The van der Waals surface area contributed by atoms with Crippen LogP contribution in [0.1, 0.15) is 20.3 Å². The molecule has 1 aliphatic rings. The fraction of sp³-hybridized carbons (Fsp3) is 0.632. The van der Waals surface area contributed by atoms with E-state index in [2.05, 4.69) is 66.3 Å². The Hall–Kier alpha value is -0.470. The first-order valence-electron chi connectivity index (χ1n) is 9.12. The lowest BCUT2D eigenvalue weighted by atomic mass is 10.2. The van der Waals surface area contributed by atoms with Gasteiger partial charge in [0.25, 0.3) is 0 Å². The molecule has 1 atom stereocenters. The van der Waals surface area contributed by atoms with Crippen molar-refractivity contribution in [2.24, 2.45) is 10.9 Å². The Morgan fingerprint density at radius 3 is 2.76 bits per heavy atom. The molecule has 6 heteroatoms. The Morgan fingerprint density at radius 2 is 2.08 bits per heavy atom. The molecule has 1 unspecified atom stereocenters. The summed E-state index contributed by atoms with van der Waals surface area (Å²) in [5.41, 5.74) is 0. The Labute approximate surface area is 174 Å². The zero-order valence-electron chi connectivity index (χ0n) is 15.8. The van der Waals surface area contributed by atoms with E-state index in [9.17, 15) is 0 Å². The summed E-state index contributed by atoms with van der Waals surface area (Å²) in [4.78, 5) is 10.9. The van der Waals surface area contributed by atoms with Crippen molar-refractivity contribution >= 4 is 41.7 Å². The third-order valence-corrected chi connectivity index (χ3v) is 5.68. The second kappa shape index (κ2) is 12.8. The van der Waals surface area contributed by atoms with Crippen molar-refractivity contribution in [3.8, 4) is 0 Å². The number of thioether (sulfide) groups is 1. The molecule has 1 aliphatic heterocycles. The SMILES string of the molecule is CCNC(=NCCN(C)CC)N1CCC(CSc2ccccc2)C1.I. The molecule has 0 amide bonds. The number of hydrogen-bond acceptors (Lipinski definition) is 3. The third-order valence-electron chi connectivity index (χ3n) is 4.43. The van der Waals surface area contributed by atoms with Gasteiger partial charge in [-0.25, -0.2) is 0 Å². The number of nitrogens with one attached hydrogen (secondary N) is 1. The third kappa shape index (κ3) is 8.17. The van der Waals surface area contributed by atoms with Gasteiger partial charge in [0.15, 0.2) is 5.96 Å². The van der Waals surface area contributed by atoms with Crippen molar-refractivity contribution in [3.63, 3.8) is 0 Å². The maximum atomic E-state index is 4.82. The van der Waals surface area contributed by atoms with Crippen molar-refractivity contribution in [2.45, 2.75) is 25.2 Å². The molecule has 0 aliphatic carbocycles. The van der Waals surface area contributed by atoms with Crippen LogP contribution in [-0.4, -0.2) is 67.8 Å². The highest BCUT2D eigenvalue weighted by atomic mass is 127. The van der Waals surface area contributed by atoms with Crippen LogP contribution < -0.4 is 5.32 Å². The van der Waals surface area contributed by atoms with Crippen LogP contribution in [0.15, 0.2) is 40.2 Å². The van der Waals surface area contributed by atoms with E-state index in [0.717, 1.165) is 51.1 Å². The second-order valence-electron chi connectivity index (χ2n) is 6.36. The zero-order chi connectivity index (χ0) is 17.2. The summed E-state index contributed by atoms with van der Waals surface area (Å²) in [6, 6.07) is 10.7. The Balaban J connectivity index is 0.00000312. The number of hydrogen-bond donors (Lipinski definition) is 1. The first-order chi connectivity index (χ1) is 11.7. The molecule has 0 radical (unpaired) electrons. The number of benzene rings is 1. The van der Waals surface area contributed by atoms with Gasteiger partial charge in [0.1, 0.15) is 0 Å². The van der Waals surface area contributed by atoms with E-state index in [4.69, 9.17) is 4.99 Å². The summed E-state index contributed by atoms with van der Waals surface area (Å²) in [6.45, 7) is 10.5. The van der Waals surface area contributed by atoms with Gasteiger partial charge in [0, 0.05) is 36.8 Å². The fourth-order valence-corrected chi connectivity index (χ4v) is 3.85. The molecule has 2 rings (SSSR count). The lowest BCUT2D eigenvalue weighted by molar-refractivity contribution is 0.361. The average molecular weight is 476 g/mol. The Bertz CT molecular complexity index is 497. The molecule has 0 bridgehead atoms. The molecule has 142 valence electrons. The molecule has 1 aromatic carbocycles. The Kier molecular flexibility index (Phi) is 11.6. The highest BCUT2D eigenvalue weighted by molar-refractivity contribution is 14.0. The van der Waals surface area contributed by atoms with E-state index in [0.29, 0.717) is 0 Å². The van der Waals surface area contributed by atoms with Crippen molar-refractivity contribution in [1.82, 2.24) is 15.1 Å². The lowest BCUT2D eigenvalue weighted by Crippen LogP contribution is -2.40. The van der Waals surface area contributed by atoms with E-state index in [1.54, 1.807) is 0 Å². The van der Waals surface area contributed by atoms with E-state index >= 15 is 0 Å². The lowest BCUT2D eigenvalue weighted by Gasteiger charge is -2.22. The fourth-order valence-electron chi connectivity index (χ4n) is 2.80.